The topological polar surface area (TPSA) is 64.3 Å². The molecule has 2 atom stereocenters. The zero-order chi connectivity index (χ0) is 17.6. The molecule has 2 aliphatic rings. The predicted octanol–water partition coefficient (Wildman–Crippen LogP) is 3.02. The van der Waals surface area contributed by atoms with E-state index in [1.807, 2.05) is 39.0 Å². The lowest BCUT2D eigenvalue weighted by molar-refractivity contribution is -0.170. The largest absolute Gasteiger partial charge is 0.378 e. The second-order valence-corrected chi connectivity index (χ2v) is 8.25. The summed E-state index contributed by atoms with van der Waals surface area (Å²) in [5, 5.41) is 3.84. The number of rotatable bonds is 6. The molecule has 0 aliphatic heterocycles. The molecule has 4 nitrogen and oxygen atoms in total. The van der Waals surface area contributed by atoms with Crippen molar-refractivity contribution in [3.8, 4) is 0 Å². The molecule has 1 amide bonds. The molecule has 0 heterocycles. The molecule has 2 fully saturated rings. The maximum Gasteiger partial charge on any atom is 0.240 e. The molecule has 132 valence electrons. The number of halogens is 1. The molecule has 24 heavy (non-hydrogen) atoms. The number of nitrogens with two attached hydrogens (primary N) is 1. The summed E-state index contributed by atoms with van der Waals surface area (Å²) < 4.78 is 5.70. The first-order valence-corrected chi connectivity index (χ1v) is 9.08. The Bertz CT molecular complexity index is 642. The summed E-state index contributed by atoms with van der Waals surface area (Å²) in [5.74, 6) is -0.0724. The number of benzene rings is 1. The van der Waals surface area contributed by atoms with Crippen LogP contribution in [0.5, 0.6) is 0 Å². The Balaban J connectivity index is 1.64. The molecule has 0 aromatic heterocycles. The zero-order valence-electron chi connectivity index (χ0n) is 14.7. The number of carbonyl (C=O) groups is 1. The minimum Gasteiger partial charge on any atom is -0.378 e. The fourth-order valence-corrected chi connectivity index (χ4v) is 3.95. The summed E-state index contributed by atoms with van der Waals surface area (Å²) in [5.41, 5.74) is 6.43. The van der Waals surface area contributed by atoms with Crippen LogP contribution in [0.2, 0.25) is 5.02 Å². The van der Waals surface area contributed by atoms with E-state index in [-0.39, 0.29) is 22.8 Å². The number of hydrogen-bond acceptors (Lipinski definition) is 3. The highest BCUT2D eigenvalue weighted by atomic mass is 35.5. The van der Waals surface area contributed by atoms with Gasteiger partial charge in [0.2, 0.25) is 5.91 Å². The lowest BCUT2D eigenvalue weighted by Gasteiger charge is -2.57. The van der Waals surface area contributed by atoms with Crippen LogP contribution in [0, 0.1) is 5.41 Å². The molecule has 0 saturated heterocycles. The van der Waals surface area contributed by atoms with Gasteiger partial charge in [0.25, 0.3) is 0 Å². The van der Waals surface area contributed by atoms with Gasteiger partial charge in [0.15, 0.2) is 0 Å². The van der Waals surface area contributed by atoms with Crippen molar-refractivity contribution >= 4 is 17.5 Å². The van der Waals surface area contributed by atoms with Gasteiger partial charge < -0.3 is 15.8 Å². The Labute approximate surface area is 149 Å². The van der Waals surface area contributed by atoms with Gasteiger partial charge in [-0.3, -0.25) is 4.79 Å². The van der Waals surface area contributed by atoms with E-state index in [0.717, 1.165) is 17.9 Å². The van der Waals surface area contributed by atoms with Gasteiger partial charge in [-0.25, -0.2) is 0 Å². The Hall–Kier alpha value is -1.10. The first-order chi connectivity index (χ1) is 11.2. The fourth-order valence-electron chi connectivity index (χ4n) is 3.76. The summed E-state index contributed by atoms with van der Waals surface area (Å²) in [6, 6.07) is 7.92. The van der Waals surface area contributed by atoms with Gasteiger partial charge >= 0.3 is 0 Å². The van der Waals surface area contributed by atoms with E-state index in [4.69, 9.17) is 22.1 Å². The van der Waals surface area contributed by atoms with Crippen LogP contribution in [-0.4, -0.2) is 30.7 Å². The van der Waals surface area contributed by atoms with Gasteiger partial charge in [-0.2, -0.15) is 0 Å². The molecule has 3 rings (SSSR count). The van der Waals surface area contributed by atoms with Crippen LogP contribution in [0.25, 0.3) is 0 Å². The van der Waals surface area contributed by atoms with Crippen molar-refractivity contribution in [1.82, 2.24) is 5.32 Å². The lowest BCUT2D eigenvalue weighted by Crippen LogP contribution is -2.76. The van der Waals surface area contributed by atoms with Crippen molar-refractivity contribution in [3.63, 3.8) is 0 Å². The second kappa shape index (κ2) is 6.01. The average Bonchev–Trinajstić information content (AvgIpc) is 3.33. The monoisotopic (exact) mass is 350 g/mol. The van der Waals surface area contributed by atoms with Crippen LogP contribution >= 0.6 is 11.6 Å². The van der Waals surface area contributed by atoms with Crippen LogP contribution in [0.4, 0.5) is 0 Å². The standard InChI is InChI=1S/C19H27ClN2O2/c1-4-24-15-11-19(21,17(15,2)3)16(23)22-12-18(8-9-18)13-6-5-7-14(20)10-13/h5-7,10,15H,4,8-9,11-12,21H2,1-3H3,(H,22,23). The van der Waals surface area contributed by atoms with E-state index < -0.39 is 5.54 Å². The predicted molar refractivity (Wildman–Crippen MR) is 96.1 cm³/mol. The highest BCUT2D eigenvalue weighted by Gasteiger charge is 2.63. The fraction of sp³-hybridized carbons (Fsp3) is 0.632. The van der Waals surface area contributed by atoms with Crippen LogP contribution in [0.15, 0.2) is 24.3 Å². The summed E-state index contributed by atoms with van der Waals surface area (Å²) in [6.07, 6.45) is 2.75. The zero-order valence-corrected chi connectivity index (χ0v) is 15.5. The third kappa shape index (κ3) is 2.75. The number of amides is 1. The van der Waals surface area contributed by atoms with Gasteiger partial charge in [0.05, 0.1) is 6.10 Å². The van der Waals surface area contributed by atoms with Gasteiger partial charge in [0, 0.05) is 35.4 Å². The summed E-state index contributed by atoms with van der Waals surface area (Å²) in [6.45, 7) is 7.25. The quantitative estimate of drug-likeness (QED) is 0.828. The molecule has 2 saturated carbocycles. The number of nitrogens with one attached hydrogen (secondary N) is 1. The maximum atomic E-state index is 12.8. The SMILES string of the molecule is CCOC1CC(N)(C(=O)NCC2(c3cccc(Cl)c3)CC2)C1(C)C. The van der Waals surface area contributed by atoms with E-state index in [0.29, 0.717) is 19.6 Å². The van der Waals surface area contributed by atoms with Gasteiger partial charge in [0.1, 0.15) is 5.54 Å². The van der Waals surface area contributed by atoms with Crippen LogP contribution in [-0.2, 0) is 14.9 Å². The second-order valence-electron chi connectivity index (χ2n) is 7.81. The molecule has 3 N–H and O–H groups in total. The van der Waals surface area contributed by atoms with E-state index in [2.05, 4.69) is 11.4 Å². The van der Waals surface area contributed by atoms with E-state index in [1.165, 1.54) is 5.56 Å². The summed E-state index contributed by atoms with van der Waals surface area (Å²) >= 11 is 6.11. The smallest absolute Gasteiger partial charge is 0.240 e. The molecule has 0 spiro atoms. The van der Waals surface area contributed by atoms with Gasteiger partial charge in [-0.05, 0) is 37.5 Å². The van der Waals surface area contributed by atoms with Crippen molar-refractivity contribution in [1.29, 1.82) is 0 Å². The molecule has 2 aliphatic carbocycles. The van der Waals surface area contributed by atoms with Crippen molar-refractivity contribution < 1.29 is 9.53 Å². The molecule has 5 heteroatoms. The third-order valence-corrected chi connectivity index (χ3v) is 6.35. The summed E-state index contributed by atoms with van der Waals surface area (Å²) in [7, 11) is 0. The highest BCUT2D eigenvalue weighted by molar-refractivity contribution is 6.30. The first-order valence-electron chi connectivity index (χ1n) is 8.70. The molecule has 0 bridgehead atoms. The minimum atomic E-state index is -0.864. The highest BCUT2D eigenvalue weighted by Crippen LogP contribution is 2.51. The van der Waals surface area contributed by atoms with Gasteiger partial charge in [-0.1, -0.05) is 37.6 Å². The molecule has 2 unspecified atom stereocenters. The molecule has 1 aromatic carbocycles. The van der Waals surface area contributed by atoms with Gasteiger partial charge in [-0.15, -0.1) is 0 Å². The normalized spacial score (nSPS) is 29.6. The minimum absolute atomic E-state index is 0.0180. The Morgan fingerprint density at radius 1 is 1.42 bits per heavy atom. The Kier molecular flexibility index (Phi) is 4.44. The number of carbonyl (C=O) groups excluding carboxylic acids is 1. The summed E-state index contributed by atoms with van der Waals surface area (Å²) in [4.78, 5) is 12.8. The third-order valence-electron chi connectivity index (χ3n) is 6.11. The first kappa shape index (κ1) is 17.7. The van der Waals surface area contributed by atoms with Crippen molar-refractivity contribution in [2.24, 2.45) is 11.1 Å². The molecule has 1 aromatic rings. The number of hydrogen-bond donors (Lipinski definition) is 2. The van der Waals surface area contributed by atoms with E-state index in [1.54, 1.807) is 0 Å². The van der Waals surface area contributed by atoms with Crippen LogP contribution in [0.1, 0.15) is 45.6 Å². The van der Waals surface area contributed by atoms with Crippen molar-refractivity contribution in [2.45, 2.75) is 57.1 Å². The van der Waals surface area contributed by atoms with E-state index >= 15 is 0 Å². The maximum absolute atomic E-state index is 12.8. The number of ether oxygens (including phenoxy) is 1. The molecular weight excluding hydrogens is 324 g/mol. The molecular formula is C19H27ClN2O2. The van der Waals surface area contributed by atoms with E-state index in [9.17, 15) is 4.79 Å². The molecule has 0 radical (unpaired) electrons. The van der Waals surface area contributed by atoms with Crippen molar-refractivity contribution in [3.05, 3.63) is 34.9 Å². The van der Waals surface area contributed by atoms with Crippen molar-refractivity contribution in [2.75, 3.05) is 13.2 Å². The Morgan fingerprint density at radius 2 is 2.12 bits per heavy atom. The lowest BCUT2D eigenvalue weighted by atomic mass is 9.54. The van der Waals surface area contributed by atoms with Crippen LogP contribution in [0.3, 0.4) is 0 Å². The Morgan fingerprint density at radius 3 is 2.67 bits per heavy atom. The van der Waals surface area contributed by atoms with Crippen LogP contribution < -0.4 is 11.1 Å². The average molecular weight is 351 g/mol.